The summed E-state index contributed by atoms with van der Waals surface area (Å²) in [4.78, 5) is 12.3. The highest BCUT2D eigenvalue weighted by Crippen LogP contribution is 2.29. The number of amides is 1. The van der Waals surface area contributed by atoms with Crippen molar-refractivity contribution in [2.45, 2.75) is 6.92 Å². The fraction of sp³-hybridized carbons (Fsp3) is 0.100. The lowest BCUT2D eigenvalue weighted by Gasteiger charge is -2.04. The molecule has 0 spiro atoms. The number of nitrogens with one attached hydrogen (secondary N) is 1. The number of aryl methyl sites for hydroxylation is 1. The zero-order valence-electron chi connectivity index (χ0n) is 13.9. The van der Waals surface area contributed by atoms with Crippen molar-refractivity contribution in [3.05, 3.63) is 65.4 Å². The molecule has 0 aliphatic heterocycles. The molecule has 1 aromatic heterocycles. The normalized spacial score (nSPS) is 11.2. The minimum atomic E-state index is -0.487. The molecule has 1 N–H and O–H groups in total. The minimum Gasteiger partial charge on any atom is -0.493 e. The summed E-state index contributed by atoms with van der Waals surface area (Å²) in [6, 6.07) is 16.5. The van der Waals surface area contributed by atoms with E-state index in [0.717, 1.165) is 10.9 Å². The Morgan fingerprint density at radius 3 is 2.68 bits per heavy atom. The van der Waals surface area contributed by atoms with Gasteiger partial charge in [0.2, 0.25) is 0 Å². The second kappa shape index (κ2) is 6.93. The van der Waals surface area contributed by atoms with Crippen LogP contribution in [0.1, 0.15) is 11.3 Å². The first kappa shape index (κ1) is 16.3. The van der Waals surface area contributed by atoms with E-state index in [2.05, 4.69) is 5.32 Å². The largest absolute Gasteiger partial charge is 0.493 e. The van der Waals surface area contributed by atoms with Gasteiger partial charge < -0.3 is 14.5 Å². The quantitative estimate of drug-likeness (QED) is 0.571. The third kappa shape index (κ3) is 3.54. The van der Waals surface area contributed by atoms with Crippen LogP contribution in [-0.2, 0) is 4.79 Å². The predicted octanol–water partition coefficient (Wildman–Crippen LogP) is 4.30. The number of nitrogens with zero attached hydrogens (tertiary/aromatic N) is 1. The van der Waals surface area contributed by atoms with Gasteiger partial charge in [0.25, 0.3) is 5.91 Å². The van der Waals surface area contributed by atoms with Gasteiger partial charge in [-0.2, -0.15) is 5.26 Å². The standard InChI is InChI=1S/C20H16N2O3/c1-13-6-8-16(9-7-13)22-20(23)15(12-21)11-17-10-14-4-3-5-18(24-2)19(14)25-17/h3-11H,1-2H3,(H,22,23). The number of carbonyl (C=O) groups is 1. The van der Waals surface area contributed by atoms with E-state index >= 15 is 0 Å². The topological polar surface area (TPSA) is 75.3 Å². The summed E-state index contributed by atoms with van der Waals surface area (Å²) in [6.45, 7) is 1.96. The number of hydrogen-bond donors (Lipinski definition) is 1. The number of anilines is 1. The van der Waals surface area contributed by atoms with Gasteiger partial charge in [-0.1, -0.05) is 29.8 Å². The maximum Gasteiger partial charge on any atom is 0.266 e. The van der Waals surface area contributed by atoms with Crippen molar-refractivity contribution in [2.24, 2.45) is 0 Å². The molecular formula is C20H16N2O3. The molecule has 0 fully saturated rings. The zero-order chi connectivity index (χ0) is 17.8. The van der Waals surface area contributed by atoms with Crippen LogP contribution in [0.25, 0.3) is 17.0 Å². The predicted molar refractivity (Wildman–Crippen MR) is 96.2 cm³/mol. The van der Waals surface area contributed by atoms with E-state index < -0.39 is 5.91 Å². The summed E-state index contributed by atoms with van der Waals surface area (Å²) in [7, 11) is 1.56. The Balaban J connectivity index is 1.88. The van der Waals surface area contributed by atoms with Crippen LogP contribution in [0, 0.1) is 18.3 Å². The molecule has 1 heterocycles. The molecular weight excluding hydrogens is 316 g/mol. The highest BCUT2D eigenvalue weighted by atomic mass is 16.5. The Morgan fingerprint density at radius 2 is 2.00 bits per heavy atom. The molecule has 0 radical (unpaired) electrons. The van der Waals surface area contributed by atoms with E-state index in [-0.39, 0.29) is 5.57 Å². The molecule has 5 heteroatoms. The van der Waals surface area contributed by atoms with Crippen LogP contribution in [0.4, 0.5) is 5.69 Å². The maximum atomic E-state index is 12.3. The molecule has 25 heavy (non-hydrogen) atoms. The van der Waals surface area contributed by atoms with Gasteiger partial charge in [-0.25, -0.2) is 0 Å². The minimum absolute atomic E-state index is 0.0430. The van der Waals surface area contributed by atoms with E-state index in [4.69, 9.17) is 9.15 Å². The number of benzene rings is 2. The van der Waals surface area contributed by atoms with Crippen LogP contribution < -0.4 is 10.1 Å². The average Bonchev–Trinajstić information content (AvgIpc) is 3.04. The Kier molecular flexibility index (Phi) is 4.53. The van der Waals surface area contributed by atoms with Crippen LogP contribution in [0.2, 0.25) is 0 Å². The van der Waals surface area contributed by atoms with E-state index in [9.17, 15) is 10.1 Å². The number of para-hydroxylation sites is 1. The van der Waals surface area contributed by atoms with E-state index in [1.54, 1.807) is 31.4 Å². The summed E-state index contributed by atoms with van der Waals surface area (Å²) >= 11 is 0. The smallest absolute Gasteiger partial charge is 0.266 e. The second-order valence-electron chi connectivity index (χ2n) is 5.52. The summed E-state index contributed by atoms with van der Waals surface area (Å²) in [5.74, 6) is 0.522. The van der Waals surface area contributed by atoms with Crippen LogP contribution in [0.5, 0.6) is 5.75 Å². The molecule has 2 aromatic carbocycles. The lowest BCUT2D eigenvalue weighted by molar-refractivity contribution is -0.112. The number of nitriles is 1. The summed E-state index contributed by atoms with van der Waals surface area (Å²) in [5.41, 5.74) is 2.25. The molecule has 0 bridgehead atoms. The molecule has 5 nitrogen and oxygen atoms in total. The van der Waals surface area contributed by atoms with Gasteiger partial charge in [0, 0.05) is 17.1 Å². The third-order valence-electron chi connectivity index (χ3n) is 3.71. The van der Waals surface area contributed by atoms with Gasteiger partial charge >= 0.3 is 0 Å². The second-order valence-corrected chi connectivity index (χ2v) is 5.52. The molecule has 3 rings (SSSR count). The third-order valence-corrected chi connectivity index (χ3v) is 3.71. The summed E-state index contributed by atoms with van der Waals surface area (Å²) in [5, 5.41) is 12.8. The highest BCUT2D eigenvalue weighted by Gasteiger charge is 2.12. The molecule has 3 aromatic rings. The fourth-order valence-electron chi connectivity index (χ4n) is 2.41. The molecule has 0 atom stereocenters. The molecule has 0 saturated heterocycles. The van der Waals surface area contributed by atoms with E-state index in [1.165, 1.54) is 6.08 Å². The van der Waals surface area contributed by atoms with Gasteiger partial charge in [-0.05, 0) is 31.2 Å². The fourth-order valence-corrected chi connectivity index (χ4v) is 2.41. The van der Waals surface area contributed by atoms with Crippen molar-refractivity contribution >= 4 is 28.6 Å². The molecule has 124 valence electrons. The van der Waals surface area contributed by atoms with Crippen molar-refractivity contribution in [2.75, 3.05) is 12.4 Å². The van der Waals surface area contributed by atoms with Gasteiger partial charge in [-0.3, -0.25) is 4.79 Å². The lowest BCUT2D eigenvalue weighted by Crippen LogP contribution is -2.13. The van der Waals surface area contributed by atoms with Gasteiger partial charge in [0.15, 0.2) is 11.3 Å². The van der Waals surface area contributed by atoms with Gasteiger partial charge in [-0.15, -0.1) is 0 Å². The number of furan rings is 1. The summed E-state index contributed by atoms with van der Waals surface area (Å²) in [6.07, 6.45) is 1.42. The van der Waals surface area contributed by atoms with Crippen molar-refractivity contribution in [3.8, 4) is 11.8 Å². The Morgan fingerprint density at radius 1 is 1.24 bits per heavy atom. The number of ether oxygens (including phenoxy) is 1. The summed E-state index contributed by atoms with van der Waals surface area (Å²) < 4.78 is 11.0. The molecule has 0 aliphatic carbocycles. The van der Waals surface area contributed by atoms with Crippen LogP contribution in [-0.4, -0.2) is 13.0 Å². The number of hydrogen-bond acceptors (Lipinski definition) is 4. The molecule has 0 unspecified atom stereocenters. The number of methoxy groups -OCH3 is 1. The molecule has 1 amide bonds. The van der Waals surface area contributed by atoms with Crippen molar-refractivity contribution in [1.29, 1.82) is 5.26 Å². The van der Waals surface area contributed by atoms with Crippen LogP contribution in [0.15, 0.2) is 58.5 Å². The van der Waals surface area contributed by atoms with E-state index in [0.29, 0.717) is 22.8 Å². The average molecular weight is 332 g/mol. The Hall–Kier alpha value is -3.52. The highest BCUT2D eigenvalue weighted by molar-refractivity contribution is 6.09. The lowest BCUT2D eigenvalue weighted by atomic mass is 10.2. The van der Waals surface area contributed by atoms with E-state index in [1.807, 2.05) is 37.3 Å². The first-order valence-corrected chi connectivity index (χ1v) is 7.67. The van der Waals surface area contributed by atoms with Gasteiger partial charge in [0.05, 0.1) is 7.11 Å². The Labute approximate surface area is 145 Å². The Bertz CT molecular complexity index is 992. The van der Waals surface area contributed by atoms with Crippen molar-refractivity contribution < 1.29 is 13.9 Å². The molecule has 0 saturated carbocycles. The van der Waals surface area contributed by atoms with Crippen molar-refractivity contribution in [1.82, 2.24) is 0 Å². The zero-order valence-corrected chi connectivity index (χ0v) is 13.9. The molecule has 0 aliphatic rings. The monoisotopic (exact) mass is 332 g/mol. The first-order valence-electron chi connectivity index (χ1n) is 7.67. The number of rotatable bonds is 4. The number of carbonyl (C=O) groups excluding carboxylic acids is 1. The SMILES string of the molecule is COc1cccc2cc(C=C(C#N)C(=O)Nc3ccc(C)cc3)oc12. The maximum absolute atomic E-state index is 12.3. The van der Waals surface area contributed by atoms with Gasteiger partial charge in [0.1, 0.15) is 17.4 Å². The first-order chi connectivity index (χ1) is 12.1. The number of fused-ring (bicyclic) bond motifs is 1. The van der Waals surface area contributed by atoms with Crippen molar-refractivity contribution in [3.63, 3.8) is 0 Å². The van der Waals surface area contributed by atoms with Crippen LogP contribution >= 0.6 is 0 Å². The van der Waals surface area contributed by atoms with Crippen LogP contribution in [0.3, 0.4) is 0 Å².